The van der Waals surface area contributed by atoms with Crippen LogP contribution in [0.25, 0.3) is 0 Å². The number of sulfonamides is 1. The molecule has 0 saturated carbocycles. The first kappa shape index (κ1) is 17.2. The van der Waals surface area contributed by atoms with Crippen LogP contribution in [0.1, 0.15) is 17.8 Å². The maximum Gasteiger partial charge on any atom is 0.263 e. The molecule has 0 bridgehead atoms. The number of pyridine rings is 1. The summed E-state index contributed by atoms with van der Waals surface area (Å²) in [4.78, 5) is 4.15. The van der Waals surface area contributed by atoms with Crippen LogP contribution in [-0.2, 0) is 17.1 Å². The Kier molecular flexibility index (Phi) is 5.22. The molecule has 0 spiro atoms. The zero-order valence-electron chi connectivity index (χ0n) is 13.4. The molecule has 2 rings (SSSR count). The minimum atomic E-state index is -3.72. The minimum absolute atomic E-state index is 0.0767. The Morgan fingerprint density at radius 1 is 1.30 bits per heavy atom. The first-order valence-corrected chi connectivity index (χ1v) is 8.67. The number of aliphatic hydroxyl groups excluding tert-OH is 1. The second-order valence-electron chi connectivity index (χ2n) is 5.16. The molecule has 126 valence electrons. The van der Waals surface area contributed by atoms with E-state index in [1.165, 1.54) is 12.3 Å². The molecule has 0 aliphatic heterocycles. The Morgan fingerprint density at radius 2 is 2.04 bits per heavy atom. The summed E-state index contributed by atoms with van der Waals surface area (Å²) in [6.07, 6.45) is 1.90. The van der Waals surface area contributed by atoms with Crippen molar-refractivity contribution in [2.75, 3.05) is 23.2 Å². The lowest BCUT2D eigenvalue weighted by atomic mass is 10.3. The summed E-state index contributed by atoms with van der Waals surface area (Å²) in [6.45, 7) is 4.21. The second kappa shape index (κ2) is 6.97. The zero-order valence-corrected chi connectivity index (χ0v) is 14.2. The third-order valence-corrected chi connectivity index (χ3v) is 4.77. The fraction of sp³-hybridized carbons (Fsp3) is 0.429. The standard InChI is InChI=1S/C14H21N5O3S/c1-10-14(11(2)19(3)17-10)18-23(21,22)12-5-6-13(16-9-12)15-7-4-8-20/h5-6,9,18,20H,4,7-8H2,1-3H3,(H,15,16). The summed E-state index contributed by atoms with van der Waals surface area (Å²) in [6, 6.07) is 3.08. The van der Waals surface area contributed by atoms with Gasteiger partial charge in [0.2, 0.25) is 0 Å². The smallest absolute Gasteiger partial charge is 0.263 e. The largest absolute Gasteiger partial charge is 0.396 e. The van der Waals surface area contributed by atoms with E-state index in [0.717, 1.165) is 5.69 Å². The van der Waals surface area contributed by atoms with E-state index in [0.29, 0.717) is 30.2 Å². The van der Waals surface area contributed by atoms with Crippen LogP contribution in [0, 0.1) is 13.8 Å². The van der Waals surface area contributed by atoms with Crippen LogP contribution in [0.2, 0.25) is 0 Å². The van der Waals surface area contributed by atoms with Gasteiger partial charge in [-0.3, -0.25) is 9.40 Å². The molecule has 3 N–H and O–H groups in total. The number of hydrogen-bond donors (Lipinski definition) is 3. The van der Waals surface area contributed by atoms with Crippen molar-refractivity contribution in [2.24, 2.45) is 7.05 Å². The highest BCUT2D eigenvalue weighted by atomic mass is 32.2. The van der Waals surface area contributed by atoms with Crippen LogP contribution >= 0.6 is 0 Å². The summed E-state index contributed by atoms with van der Waals surface area (Å²) in [7, 11) is -1.96. The van der Waals surface area contributed by atoms with E-state index in [4.69, 9.17) is 5.11 Å². The number of hydrogen-bond acceptors (Lipinski definition) is 6. The van der Waals surface area contributed by atoms with Gasteiger partial charge < -0.3 is 10.4 Å². The van der Waals surface area contributed by atoms with E-state index in [-0.39, 0.29) is 11.5 Å². The molecule has 0 fully saturated rings. The van der Waals surface area contributed by atoms with Crippen molar-refractivity contribution in [1.82, 2.24) is 14.8 Å². The van der Waals surface area contributed by atoms with E-state index in [1.54, 1.807) is 31.6 Å². The minimum Gasteiger partial charge on any atom is -0.396 e. The second-order valence-corrected chi connectivity index (χ2v) is 6.84. The average Bonchev–Trinajstić information content (AvgIpc) is 2.74. The lowest BCUT2D eigenvalue weighted by molar-refractivity contribution is 0.292. The lowest BCUT2D eigenvalue weighted by Gasteiger charge is -2.09. The molecule has 0 amide bonds. The molecule has 0 saturated heterocycles. The molecular formula is C14H21N5O3S. The molecule has 2 heterocycles. The Balaban J connectivity index is 2.16. The Hall–Kier alpha value is -2.13. The molecule has 0 aliphatic carbocycles. The number of anilines is 2. The van der Waals surface area contributed by atoms with Crippen molar-refractivity contribution in [3.63, 3.8) is 0 Å². The van der Waals surface area contributed by atoms with Gasteiger partial charge in [-0.25, -0.2) is 13.4 Å². The number of nitrogens with one attached hydrogen (secondary N) is 2. The van der Waals surface area contributed by atoms with E-state index >= 15 is 0 Å². The van der Waals surface area contributed by atoms with E-state index < -0.39 is 10.0 Å². The Bertz CT molecular complexity index is 768. The predicted octanol–water partition coefficient (Wildman–Crippen LogP) is 1.03. The normalized spacial score (nSPS) is 11.5. The van der Waals surface area contributed by atoms with Gasteiger partial charge in [0.1, 0.15) is 10.7 Å². The number of aliphatic hydroxyl groups is 1. The van der Waals surface area contributed by atoms with Gasteiger partial charge in [0.05, 0.1) is 17.1 Å². The molecule has 2 aromatic rings. The summed E-state index contributed by atoms with van der Waals surface area (Å²) in [5.41, 5.74) is 1.84. The molecule has 2 aromatic heterocycles. The van der Waals surface area contributed by atoms with Crippen LogP contribution < -0.4 is 10.0 Å². The van der Waals surface area contributed by atoms with E-state index in [1.807, 2.05) is 0 Å². The zero-order chi connectivity index (χ0) is 17.0. The molecule has 8 nitrogen and oxygen atoms in total. The number of nitrogens with zero attached hydrogens (tertiary/aromatic N) is 3. The third-order valence-electron chi connectivity index (χ3n) is 3.43. The molecule has 9 heteroatoms. The molecule has 23 heavy (non-hydrogen) atoms. The summed E-state index contributed by atoms with van der Waals surface area (Å²) in [5.74, 6) is 0.561. The number of rotatable bonds is 7. The van der Waals surface area contributed by atoms with Gasteiger partial charge in [-0.2, -0.15) is 5.10 Å². The summed E-state index contributed by atoms with van der Waals surface area (Å²) >= 11 is 0. The van der Waals surface area contributed by atoms with Crippen LogP contribution in [0.3, 0.4) is 0 Å². The fourth-order valence-corrected chi connectivity index (χ4v) is 3.17. The van der Waals surface area contributed by atoms with Crippen LogP contribution in [0.5, 0.6) is 0 Å². The third kappa shape index (κ3) is 3.99. The van der Waals surface area contributed by atoms with Crippen molar-refractivity contribution < 1.29 is 13.5 Å². The maximum absolute atomic E-state index is 12.4. The first-order valence-electron chi connectivity index (χ1n) is 7.19. The van der Waals surface area contributed by atoms with Gasteiger partial charge in [0, 0.05) is 26.4 Å². The van der Waals surface area contributed by atoms with Crippen LogP contribution in [-0.4, -0.2) is 41.4 Å². The molecular weight excluding hydrogens is 318 g/mol. The topological polar surface area (TPSA) is 109 Å². The van der Waals surface area contributed by atoms with Gasteiger partial charge in [0.15, 0.2) is 0 Å². The van der Waals surface area contributed by atoms with E-state index in [9.17, 15) is 8.42 Å². The van der Waals surface area contributed by atoms with Crippen molar-refractivity contribution >= 4 is 21.5 Å². The van der Waals surface area contributed by atoms with Gasteiger partial charge in [-0.15, -0.1) is 0 Å². The van der Waals surface area contributed by atoms with Gasteiger partial charge in [-0.05, 0) is 32.4 Å². The first-order chi connectivity index (χ1) is 10.8. The highest BCUT2D eigenvalue weighted by molar-refractivity contribution is 7.92. The molecule has 0 aromatic carbocycles. The monoisotopic (exact) mass is 339 g/mol. The highest BCUT2D eigenvalue weighted by Gasteiger charge is 2.19. The SMILES string of the molecule is Cc1nn(C)c(C)c1NS(=O)(=O)c1ccc(NCCCO)nc1. The number of aromatic nitrogens is 3. The molecule has 0 radical (unpaired) electrons. The van der Waals surface area contributed by atoms with E-state index in [2.05, 4.69) is 20.1 Å². The van der Waals surface area contributed by atoms with Gasteiger partial charge >= 0.3 is 0 Å². The maximum atomic E-state index is 12.4. The van der Waals surface area contributed by atoms with Crippen molar-refractivity contribution in [3.8, 4) is 0 Å². The quantitative estimate of drug-likeness (QED) is 0.650. The average molecular weight is 339 g/mol. The molecule has 0 aliphatic rings. The van der Waals surface area contributed by atoms with Crippen molar-refractivity contribution in [1.29, 1.82) is 0 Å². The van der Waals surface area contributed by atoms with Gasteiger partial charge in [0.25, 0.3) is 10.0 Å². The molecule has 0 unspecified atom stereocenters. The Labute approximate surface area is 135 Å². The highest BCUT2D eigenvalue weighted by Crippen LogP contribution is 2.22. The fourth-order valence-electron chi connectivity index (χ4n) is 2.05. The van der Waals surface area contributed by atoms with Gasteiger partial charge in [-0.1, -0.05) is 0 Å². The van der Waals surface area contributed by atoms with Crippen LogP contribution in [0.4, 0.5) is 11.5 Å². The Morgan fingerprint density at radius 3 is 2.57 bits per heavy atom. The van der Waals surface area contributed by atoms with Crippen molar-refractivity contribution in [2.45, 2.75) is 25.2 Å². The molecule has 0 atom stereocenters. The lowest BCUT2D eigenvalue weighted by Crippen LogP contribution is -2.15. The summed E-state index contributed by atoms with van der Waals surface area (Å²) in [5, 5.41) is 15.9. The predicted molar refractivity (Wildman–Crippen MR) is 87.9 cm³/mol. The van der Waals surface area contributed by atoms with Crippen LogP contribution in [0.15, 0.2) is 23.2 Å². The van der Waals surface area contributed by atoms with Crippen molar-refractivity contribution in [3.05, 3.63) is 29.7 Å². The number of aryl methyl sites for hydroxylation is 2. The summed E-state index contributed by atoms with van der Waals surface area (Å²) < 4.78 is 29.1.